The molecule has 98 valence electrons. The maximum Gasteiger partial charge on any atom is 0.180 e. The molecule has 2 atom stereocenters. The summed E-state index contributed by atoms with van der Waals surface area (Å²) in [6, 6.07) is 5.56. The second-order valence-corrected chi connectivity index (χ2v) is 3.32. The molecule has 1 aromatic carbocycles. The number of rotatable bonds is 4. The molecule has 0 amide bonds. The minimum absolute atomic E-state index is 0.153. The van der Waals surface area contributed by atoms with Crippen LogP contribution in [0.4, 0.5) is 0 Å². The summed E-state index contributed by atoms with van der Waals surface area (Å²) >= 11 is 0. The minimum atomic E-state index is -1.32. The van der Waals surface area contributed by atoms with Crippen LogP contribution in [0.5, 0.6) is 0 Å². The first kappa shape index (κ1) is 14.1. The van der Waals surface area contributed by atoms with Crippen molar-refractivity contribution in [3.8, 4) is 0 Å². The zero-order valence-corrected chi connectivity index (χ0v) is 9.07. The number of hydrogen-bond acceptors (Lipinski definition) is 6. The van der Waals surface area contributed by atoms with Gasteiger partial charge in [0.25, 0.3) is 0 Å². The van der Waals surface area contributed by atoms with E-state index in [-0.39, 0.29) is 11.1 Å². The van der Waals surface area contributed by atoms with Crippen molar-refractivity contribution in [1.29, 1.82) is 0 Å². The van der Waals surface area contributed by atoms with E-state index in [9.17, 15) is 20.6 Å². The Balaban J connectivity index is 3.07. The number of quaternary nitrogens is 2. The average Bonchev–Trinajstić information content (AvgIpc) is 2.27. The van der Waals surface area contributed by atoms with Crippen molar-refractivity contribution in [2.45, 2.75) is 0 Å². The molecule has 0 aromatic heterocycles. The highest BCUT2D eigenvalue weighted by molar-refractivity contribution is 5.65. The van der Waals surface area contributed by atoms with E-state index in [0.717, 1.165) is 0 Å². The van der Waals surface area contributed by atoms with Gasteiger partial charge in [0.05, 0.1) is 0 Å². The number of aliphatic hydroxyl groups excluding tert-OH is 2. The summed E-state index contributed by atoms with van der Waals surface area (Å²) in [6.45, 7) is 0. The van der Waals surface area contributed by atoms with E-state index in [1.807, 2.05) is 0 Å². The van der Waals surface area contributed by atoms with Gasteiger partial charge in [-0.1, -0.05) is 18.2 Å². The molecule has 0 bridgehead atoms. The van der Waals surface area contributed by atoms with Gasteiger partial charge in [0.15, 0.2) is 23.9 Å². The third-order valence-electron chi connectivity index (χ3n) is 1.97. The summed E-state index contributed by atoms with van der Waals surface area (Å²) in [4.78, 5) is 0. The summed E-state index contributed by atoms with van der Waals surface area (Å²) < 4.78 is 0. The van der Waals surface area contributed by atoms with Gasteiger partial charge in [-0.25, -0.2) is 10.4 Å². The molecule has 0 aliphatic heterocycles. The van der Waals surface area contributed by atoms with Gasteiger partial charge in [0.2, 0.25) is 0 Å². The van der Waals surface area contributed by atoms with Gasteiger partial charge in [-0.2, -0.15) is 10.5 Å². The fourth-order valence-corrected chi connectivity index (χ4v) is 1.24. The highest BCUT2D eigenvalue weighted by Gasteiger charge is 2.06. The quantitative estimate of drug-likeness (QED) is 0.300. The van der Waals surface area contributed by atoms with E-state index < -0.39 is 22.0 Å². The van der Waals surface area contributed by atoms with E-state index in [4.69, 9.17) is 10.4 Å². The van der Waals surface area contributed by atoms with E-state index in [1.54, 1.807) is 0 Å². The average molecular weight is 256 g/mol. The van der Waals surface area contributed by atoms with Crippen LogP contribution in [0.2, 0.25) is 0 Å². The Morgan fingerprint density at radius 1 is 0.944 bits per heavy atom. The molecule has 0 saturated carbocycles. The van der Waals surface area contributed by atoms with E-state index in [1.165, 1.54) is 24.3 Å². The number of nitrogens with one attached hydrogen (secondary N) is 2. The largest absolute Gasteiger partial charge is 0.595 e. The molecule has 0 heterocycles. The van der Waals surface area contributed by atoms with Gasteiger partial charge < -0.3 is 20.6 Å². The Bertz CT molecular complexity index is 430. The normalized spacial score (nSPS) is 16.4. The van der Waals surface area contributed by atoms with Crippen LogP contribution in [0.1, 0.15) is 11.1 Å². The molecule has 6 N–H and O–H groups in total. The standard InChI is InChI=1S/C10H12N2O6/c13-9(5-11(15)16)7-2-1-3-8(4-7)10(14)6-12(17)18/h1-6,11-15,17H. The first-order valence-electron chi connectivity index (χ1n) is 4.78. The van der Waals surface area contributed by atoms with Crippen molar-refractivity contribution in [1.82, 2.24) is 0 Å². The summed E-state index contributed by atoms with van der Waals surface area (Å²) in [7, 11) is 0. The van der Waals surface area contributed by atoms with Gasteiger partial charge >= 0.3 is 0 Å². The monoisotopic (exact) mass is 256 g/mol. The molecule has 1 aromatic rings. The molecule has 2 unspecified atom stereocenters. The molecule has 0 saturated heterocycles. The zero-order valence-electron chi connectivity index (χ0n) is 9.07. The van der Waals surface area contributed by atoms with Crippen molar-refractivity contribution in [3.05, 3.63) is 58.2 Å². The maximum atomic E-state index is 10.4. The Kier molecular flexibility index (Phi) is 4.80. The summed E-state index contributed by atoms with van der Waals surface area (Å²) in [5.41, 5.74) is 0.306. The Morgan fingerprint density at radius 2 is 1.33 bits per heavy atom. The SMILES string of the molecule is [O-][NH+](O)C=C(O)c1cccc(C(O)=C[NH+]([O-])O)c1. The Morgan fingerprint density at radius 3 is 1.67 bits per heavy atom. The zero-order chi connectivity index (χ0) is 13.7. The minimum Gasteiger partial charge on any atom is -0.595 e. The second-order valence-electron chi connectivity index (χ2n) is 3.32. The summed E-state index contributed by atoms with van der Waals surface area (Å²) in [5.74, 6) is -0.986. The Hall–Kier alpha value is -1.94. The molecule has 8 nitrogen and oxygen atoms in total. The lowest BCUT2D eigenvalue weighted by molar-refractivity contribution is -1.00. The van der Waals surface area contributed by atoms with Gasteiger partial charge in [0.1, 0.15) is 0 Å². The molecule has 8 heteroatoms. The fraction of sp³-hybridized carbons (Fsp3) is 0. The van der Waals surface area contributed by atoms with Crippen LogP contribution in [-0.2, 0) is 0 Å². The molecular weight excluding hydrogens is 244 g/mol. The van der Waals surface area contributed by atoms with Crippen LogP contribution in [-0.4, -0.2) is 20.6 Å². The first-order valence-corrected chi connectivity index (χ1v) is 4.78. The first-order chi connectivity index (χ1) is 8.40. The van der Waals surface area contributed by atoms with Gasteiger partial charge in [0, 0.05) is 11.1 Å². The lowest BCUT2D eigenvalue weighted by Crippen LogP contribution is -2.99. The lowest BCUT2D eigenvalue weighted by atomic mass is 10.1. The van der Waals surface area contributed by atoms with Crippen LogP contribution in [0, 0.1) is 10.4 Å². The molecule has 0 spiro atoms. The smallest absolute Gasteiger partial charge is 0.180 e. The molecular formula is C10H12N2O6. The van der Waals surface area contributed by atoms with Crippen LogP contribution in [0.15, 0.2) is 36.7 Å². The molecule has 18 heavy (non-hydrogen) atoms. The van der Waals surface area contributed by atoms with Crippen LogP contribution in [0.3, 0.4) is 0 Å². The van der Waals surface area contributed by atoms with Crippen LogP contribution < -0.4 is 10.5 Å². The molecule has 0 aliphatic carbocycles. The predicted molar refractivity (Wildman–Crippen MR) is 59.9 cm³/mol. The topological polar surface area (TPSA) is 136 Å². The lowest BCUT2D eigenvalue weighted by Gasteiger charge is -2.09. The number of aliphatic hydroxyl groups is 2. The van der Waals surface area contributed by atoms with E-state index >= 15 is 0 Å². The van der Waals surface area contributed by atoms with Gasteiger partial charge in [-0.3, -0.25) is 0 Å². The van der Waals surface area contributed by atoms with Crippen molar-refractivity contribution in [3.63, 3.8) is 0 Å². The highest BCUT2D eigenvalue weighted by atomic mass is 16.8. The third kappa shape index (κ3) is 4.14. The number of hydrogen-bond donors (Lipinski definition) is 6. The molecule has 1 rings (SSSR count). The summed E-state index contributed by atoms with van der Waals surface area (Å²) in [6.07, 6.45) is 1.19. The highest BCUT2D eigenvalue weighted by Crippen LogP contribution is 2.16. The summed E-state index contributed by atoms with van der Waals surface area (Å²) in [5, 5.41) is 53.9. The third-order valence-corrected chi connectivity index (χ3v) is 1.97. The van der Waals surface area contributed by atoms with Crippen molar-refractivity contribution in [2.24, 2.45) is 0 Å². The maximum absolute atomic E-state index is 10.4. The van der Waals surface area contributed by atoms with Crippen LogP contribution >= 0.6 is 0 Å². The molecule has 0 aliphatic rings. The van der Waals surface area contributed by atoms with Crippen molar-refractivity contribution < 1.29 is 31.1 Å². The predicted octanol–water partition coefficient (Wildman–Crippen LogP) is -1.06. The van der Waals surface area contributed by atoms with Crippen molar-refractivity contribution >= 4 is 11.5 Å². The van der Waals surface area contributed by atoms with Crippen molar-refractivity contribution in [2.75, 3.05) is 0 Å². The van der Waals surface area contributed by atoms with Crippen LogP contribution in [0.25, 0.3) is 11.5 Å². The number of hydroxylamine groups is 4. The van der Waals surface area contributed by atoms with E-state index in [2.05, 4.69) is 0 Å². The Labute approximate surface area is 102 Å². The fourth-order valence-electron chi connectivity index (χ4n) is 1.24. The van der Waals surface area contributed by atoms with Gasteiger partial charge in [-0.15, -0.1) is 0 Å². The number of benzene rings is 1. The molecule has 0 fully saturated rings. The van der Waals surface area contributed by atoms with E-state index in [0.29, 0.717) is 12.4 Å². The second kappa shape index (κ2) is 6.12. The molecule has 0 radical (unpaired) electrons. The van der Waals surface area contributed by atoms with Gasteiger partial charge in [-0.05, 0) is 6.07 Å².